The van der Waals surface area contributed by atoms with Gasteiger partial charge in [-0.1, -0.05) is 18.2 Å². The molecule has 4 heteroatoms. The Balaban J connectivity index is 2.20. The molecule has 1 aliphatic rings. The first-order chi connectivity index (χ1) is 7.20. The van der Waals surface area contributed by atoms with Gasteiger partial charge in [0, 0.05) is 17.5 Å². The van der Waals surface area contributed by atoms with Crippen molar-refractivity contribution < 1.29 is 14.2 Å². The Labute approximate surface area is 87.7 Å². The molecule has 3 N–H and O–H groups in total. The molecule has 1 aromatic rings. The molecule has 15 heavy (non-hydrogen) atoms. The molecule has 0 spiro atoms. The topological polar surface area (TPSA) is 55.5 Å². The van der Waals surface area contributed by atoms with E-state index in [4.69, 9.17) is 10.5 Å². The van der Waals surface area contributed by atoms with Crippen LogP contribution in [0.4, 0.5) is 4.39 Å². The van der Waals surface area contributed by atoms with Crippen LogP contribution in [0.2, 0.25) is 0 Å². The van der Waals surface area contributed by atoms with Crippen LogP contribution in [0.3, 0.4) is 0 Å². The minimum absolute atomic E-state index is 0.220. The van der Waals surface area contributed by atoms with E-state index in [0.29, 0.717) is 12.2 Å². The average Bonchev–Trinajstić information content (AvgIpc) is 2.64. The lowest BCUT2D eigenvalue weighted by atomic mass is 9.91. The molecule has 0 saturated carbocycles. The van der Waals surface area contributed by atoms with Crippen LogP contribution in [0.15, 0.2) is 24.3 Å². The second kappa shape index (κ2) is 4.26. The van der Waals surface area contributed by atoms with Crippen LogP contribution in [0.25, 0.3) is 0 Å². The van der Waals surface area contributed by atoms with Gasteiger partial charge in [-0.2, -0.15) is 0 Å². The van der Waals surface area contributed by atoms with Gasteiger partial charge >= 0.3 is 0 Å². The Morgan fingerprint density at radius 2 is 2.13 bits per heavy atom. The molecule has 1 fully saturated rings. The third kappa shape index (κ3) is 2.02. The number of aliphatic hydroxyl groups is 1. The molecule has 1 aromatic carbocycles. The highest BCUT2D eigenvalue weighted by Crippen LogP contribution is 2.28. The summed E-state index contributed by atoms with van der Waals surface area (Å²) in [5, 5.41) is 9.58. The minimum Gasteiger partial charge on any atom is -0.390 e. The van der Waals surface area contributed by atoms with Gasteiger partial charge in [-0.3, -0.25) is 0 Å². The lowest BCUT2D eigenvalue weighted by Gasteiger charge is -2.21. The molecule has 0 aromatic heterocycles. The van der Waals surface area contributed by atoms with E-state index >= 15 is 0 Å². The predicted octanol–water partition coefficient (Wildman–Crippen LogP) is 0.833. The summed E-state index contributed by atoms with van der Waals surface area (Å²) in [7, 11) is 0. The number of ether oxygens (including phenoxy) is 1. The van der Waals surface area contributed by atoms with Crippen molar-refractivity contribution in [3.8, 4) is 0 Å². The molecule has 0 amide bonds. The van der Waals surface area contributed by atoms with Crippen molar-refractivity contribution in [3.63, 3.8) is 0 Å². The van der Waals surface area contributed by atoms with Crippen LogP contribution in [-0.4, -0.2) is 24.4 Å². The second-order valence-corrected chi connectivity index (χ2v) is 3.82. The fourth-order valence-electron chi connectivity index (χ4n) is 1.88. The quantitative estimate of drug-likeness (QED) is 0.762. The summed E-state index contributed by atoms with van der Waals surface area (Å²) in [5.74, 6) is -0.550. The maximum atomic E-state index is 13.4. The largest absolute Gasteiger partial charge is 0.390 e. The molecular formula is C11H14FNO2. The molecule has 3 nitrogen and oxygen atoms in total. The van der Waals surface area contributed by atoms with Crippen LogP contribution in [-0.2, 0) is 4.74 Å². The highest BCUT2D eigenvalue weighted by molar-refractivity contribution is 5.22. The van der Waals surface area contributed by atoms with Gasteiger partial charge in [-0.25, -0.2) is 4.39 Å². The molecule has 3 unspecified atom stereocenters. The Morgan fingerprint density at radius 3 is 2.73 bits per heavy atom. The van der Waals surface area contributed by atoms with Gasteiger partial charge < -0.3 is 15.6 Å². The average molecular weight is 211 g/mol. The molecule has 2 rings (SSSR count). The number of nitrogens with two attached hydrogens (primary N) is 1. The number of aliphatic hydroxyl groups excluding tert-OH is 1. The Morgan fingerprint density at radius 1 is 1.40 bits per heavy atom. The zero-order chi connectivity index (χ0) is 10.8. The highest BCUT2D eigenvalue weighted by Gasteiger charge is 2.33. The summed E-state index contributed by atoms with van der Waals surface area (Å²) in [6, 6.07) is 5.86. The van der Waals surface area contributed by atoms with Crippen molar-refractivity contribution in [1.29, 1.82) is 0 Å². The lowest BCUT2D eigenvalue weighted by Crippen LogP contribution is -2.30. The fraction of sp³-hybridized carbons (Fsp3) is 0.455. The summed E-state index contributed by atoms with van der Waals surface area (Å²) in [6.45, 7) is 0.670. The van der Waals surface area contributed by atoms with Gasteiger partial charge in [0.05, 0.1) is 19.3 Å². The maximum absolute atomic E-state index is 13.4. The first-order valence-electron chi connectivity index (χ1n) is 4.96. The van der Waals surface area contributed by atoms with Crippen molar-refractivity contribution in [2.75, 3.05) is 13.2 Å². The van der Waals surface area contributed by atoms with Crippen LogP contribution in [0.5, 0.6) is 0 Å². The number of benzene rings is 1. The first-order valence-corrected chi connectivity index (χ1v) is 4.96. The summed E-state index contributed by atoms with van der Waals surface area (Å²) in [5.41, 5.74) is 6.35. The van der Waals surface area contributed by atoms with Gasteiger partial charge in [0.15, 0.2) is 0 Å². The summed E-state index contributed by atoms with van der Waals surface area (Å²) in [6.07, 6.45) is -0.598. The molecular weight excluding hydrogens is 197 g/mol. The Hall–Kier alpha value is -0.970. The summed E-state index contributed by atoms with van der Waals surface area (Å²) in [4.78, 5) is 0. The van der Waals surface area contributed by atoms with Crippen LogP contribution in [0, 0.1) is 11.7 Å². The van der Waals surface area contributed by atoms with E-state index in [1.165, 1.54) is 6.07 Å². The monoisotopic (exact) mass is 211 g/mol. The third-order valence-corrected chi connectivity index (χ3v) is 2.82. The fourth-order valence-corrected chi connectivity index (χ4v) is 1.88. The minimum atomic E-state index is -0.598. The zero-order valence-electron chi connectivity index (χ0n) is 8.27. The molecule has 1 saturated heterocycles. The maximum Gasteiger partial charge on any atom is 0.127 e. The van der Waals surface area contributed by atoms with E-state index in [1.807, 2.05) is 0 Å². The van der Waals surface area contributed by atoms with Crippen LogP contribution >= 0.6 is 0 Å². The standard InChI is InChI=1S/C11H14FNO2/c12-9-4-2-1-3-7(9)11(13)8-5-15-6-10(8)14/h1-4,8,10-11,14H,5-6,13H2. The van der Waals surface area contributed by atoms with Crippen LogP contribution in [0.1, 0.15) is 11.6 Å². The number of halogens is 1. The lowest BCUT2D eigenvalue weighted by molar-refractivity contribution is 0.113. The van der Waals surface area contributed by atoms with Crippen molar-refractivity contribution >= 4 is 0 Å². The smallest absolute Gasteiger partial charge is 0.127 e. The molecule has 0 radical (unpaired) electrons. The molecule has 1 aliphatic heterocycles. The van der Waals surface area contributed by atoms with Gasteiger partial charge in [0.25, 0.3) is 0 Å². The van der Waals surface area contributed by atoms with Gasteiger partial charge in [0.1, 0.15) is 5.82 Å². The zero-order valence-corrected chi connectivity index (χ0v) is 8.27. The highest BCUT2D eigenvalue weighted by atomic mass is 19.1. The van der Waals surface area contributed by atoms with Gasteiger partial charge in [-0.15, -0.1) is 0 Å². The van der Waals surface area contributed by atoms with Crippen molar-refractivity contribution in [3.05, 3.63) is 35.6 Å². The number of rotatable bonds is 2. The number of hydrogen-bond donors (Lipinski definition) is 2. The second-order valence-electron chi connectivity index (χ2n) is 3.82. The Bertz CT molecular complexity index is 345. The molecule has 1 heterocycles. The van der Waals surface area contributed by atoms with Gasteiger partial charge in [-0.05, 0) is 6.07 Å². The Kier molecular flexibility index (Phi) is 3.00. The molecule has 3 atom stereocenters. The van der Waals surface area contributed by atoms with Crippen LogP contribution < -0.4 is 5.73 Å². The first kappa shape index (κ1) is 10.5. The van der Waals surface area contributed by atoms with E-state index in [-0.39, 0.29) is 18.3 Å². The van der Waals surface area contributed by atoms with Crippen molar-refractivity contribution in [2.24, 2.45) is 11.7 Å². The third-order valence-electron chi connectivity index (χ3n) is 2.82. The summed E-state index contributed by atoms with van der Waals surface area (Å²) < 4.78 is 18.5. The van der Waals surface area contributed by atoms with E-state index < -0.39 is 12.1 Å². The van der Waals surface area contributed by atoms with E-state index in [2.05, 4.69) is 0 Å². The summed E-state index contributed by atoms with van der Waals surface area (Å²) >= 11 is 0. The van der Waals surface area contributed by atoms with Gasteiger partial charge in [0.2, 0.25) is 0 Å². The molecule has 82 valence electrons. The number of hydrogen-bond acceptors (Lipinski definition) is 3. The van der Waals surface area contributed by atoms with E-state index in [1.54, 1.807) is 18.2 Å². The van der Waals surface area contributed by atoms with Crippen molar-refractivity contribution in [2.45, 2.75) is 12.1 Å². The molecule has 0 bridgehead atoms. The van der Waals surface area contributed by atoms with Crippen molar-refractivity contribution in [1.82, 2.24) is 0 Å². The van der Waals surface area contributed by atoms with E-state index in [9.17, 15) is 9.50 Å². The molecule has 0 aliphatic carbocycles. The van der Waals surface area contributed by atoms with E-state index in [0.717, 1.165) is 0 Å². The normalized spacial score (nSPS) is 27.9. The SMILES string of the molecule is NC(c1ccccc1F)C1COCC1O. The predicted molar refractivity (Wildman–Crippen MR) is 53.6 cm³/mol.